The van der Waals surface area contributed by atoms with E-state index in [4.69, 9.17) is 0 Å². The van der Waals surface area contributed by atoms with Gasteiger partial charge in [0.15, 0.2) is 0 Å². The van der Waals surface area contributed by atoms with Gasteiger partial charge in [-0.1, -0.05) is 40.5 Å². The number of carbonyl (C=O) groups excluding carboxylic acids is 2. The molecule has 0 radical (unpaired) electrons. The molecule has 21 heavy (non-hydrogen) atoms. The number of carbonyl (C=O) groups is 2. The molecule has 0 unspecified atom stereocenters. The van der Waals surface area contributed by atoms with Crippen LogP contribution in [-0.4, -0.2) is 30.2 Å². The zero-order valence-corrected chi connectivity index (χ0v) is 14.3. The first-order valence-electron chi connectivity index (χ1n) is 8.13. The fraction of sp³-hybridized carbons (Fsp3) is 0.778. The maximum Gasteiger partial charge on any atom is 0.209 e. The predicted molar refractivity (Wildman–Crippen MR) is 87.7 cm³/mol. The summed E-state index contributed by atoms with van der Waals surface area (Å²) in [6.45, 7) is 11.9. The fourth-order valence-electron chi connectivity index (χ4n) is 1.97. The summed E-state index contributed by atoms with van der Waals surface area (Å²) >= 11 is 0. The minimum absolute atomic E-state index is 0.231. The van der Waals surface area contributed by atoms with Crippen LogP contribution in [0.1, 0.15) is 60.3 Å². The average Bonchev–Trinajstić information content (AvgIpc) is 2.46. The second kappa shape index (κ2) is 11.4. The van der Waals surface area contributed by atoms with Crippen molar-refractivity contribution in [1.82, 2.24) is 4.90 Å². The van der Waals surface area contributed by atoms with Crippen LogP contribution in [0.4, 0.5) is 0 Å². The molecule has 1 aliphatic heterocycles. The fourth-order valence-corrected chi connectivity index (χ4v) is 1.97. The van der Waals surface area contributed by atoms with Crippen LogP contribution in [0.2, 0.25) is 0 Å². The third-order valence-electron chi connectivity index (χ3n) is 3.40. The quantitative estimate of drug-likeness (QED) is 0.587. The molecule has 0 spiro atoms. The molecule has 120 valence electrons. The van der Waals surface area contributed by atoms with Crippen LogP contribution in [0.15, 0.2) is 0 Å². The predicted octanol–water partition coefficient (Wildman–Crippen LogP) is 3.53. The first-order chi connectivity index (χ1) is 9.90. The molecule has 1 fully saturated rings. The van der Waals surface area contributed by atoms with Gasteiger partial charge in [-0.05, 0) is 19.3 Å². The van der Waals surface area contributed by atoms with E-state index in [0.717, 1.165) is 45.2 Å². The van der Waals surface area contributed by atoms with Crippen LogP contribution in [-0.2, 0) is 9.59 Å². The van der Waals surface area contributed by atoms with Gasteiger partial charge in [0.1, 0.15) is 5.78 Å². The van der Waals surface area contributed by atoms with Crippen molar-refractivity contribution in [2.75, 3.05) is 13.1 Å². The Morgan fingerprint density at radius 1 is 1.24 bits per heavy atom. The van der Waals surface area contributed by atoms with E-state index in [1.165, 1.54) is 0 Å². The maximum absolute atomic E-state index is 10.7. The first kappa shape index (κ1) is 19.7. The summed E-state index contributed by atoms with van der Waals surface area (Å²) in [7, 11) is 0. The zero-order chi connectivity index (χ0) is 16.3. The lowest BCUT2D eigenvalue weighted by atomic mass is 9.97. The van der Waals surface area contributed by atoms with Gasteiger partial charge < -0.3 is 4.90 Å². The molecule has 3 nitrogen and oxygen atoms in total. The highest BCUT2D eigenvalue weighted by atomic mass is 16.1. The van der Waals surface area contributed by atoms with Crippen molar-refractivity contribution >= 4 is 12.2 Å². The highest BCUT2D eigenvalue weighted by molar-refractivity contribution is 5.80. The van der Waals surface area contributed by atoms with Crippen LogP contribution in [0.25, 0.3) is 0 Å². The highest BCUT2D eigenvalue weighted by Gasteiger charge is 2.15. The van der Waals surface area contributed by atoms with Crippen LogP contribution >= 0.6 is 0 Å². The Balaban J connectivity index is 0.000000433. The molecule has 1 saturated heterocycles. The molecular weight excluding hydrogens is 262 g/mol. The summed E-state index contributed by atoms with van der Waals surface area (Å²) in [6, 6.07) is 0. The van der Waals surface area contributed by atoms with Crippen molar-refractivity contribution in [3.05, 3.63) is 0 Å². The Labute approximate surface area is 130 Å². The van der Waals surface area contributed by atoms with Crippen LogP contribution in [0.5, 0.6) is 0 Å². The Kier molecular flexibility index (Phi) is 10.7. The lowest BCUT2D eigenvalue weighted by Gasteiger charge is -2.26. The minimum atomic E-state index is 0.231. The molecule has 0 bridgehead atoms. The van der Waals surface area contributed by atoms with Crippen LogP contribution in [0.3, 0.4) is 0 Å². The third-order valence-corrected chi connectivity index (χ3v) is 3.40. The first-order valence-corrected chi connectivity index (χ1v) is 8.13. The summed E-state index contributed by atoms with van der Waals surface area (Å²) < 4.78 is 0. The van der Waals surface area contributed by atoms with E-state index < -0.39 is 0 Å². The summed E-state index contributed by atoms with van der Waals surface area (Å²) in [5.41, 5.74) is 0. The van der Waals surface area contributed by atoms with E-state index in [1.807, 2.05) is 25.7 Å². The number of rotatable bonds is 4. The third kappa shape index (κ3) is 10.1. The smallest absolute Gasteiger partial charge is 0.209 e. The van der Waals surface area contributed by atoms with Crippen molar-refractivity contribution in [3.63, 3.8) is 0 Å². The molecule has 1 aliphatic rings. The highest BCUT2D eigenvalue weighted by Crippen LogP contribution is 2.14. The van der Waals surface area contributed by atoms with Crippen LogP contribution < -0.4 is 0 Å². The van der Waals surface area contributed by atoms with Gasteiger partial charge in [0.25, 0.3) is 0 Å². The van der Waals surface area contributed by atoms with Crippen molar-refractivity contribution in [1.29, 1.82) is 0 Å². The van der Waals surface area contributed by atoms with Crippen molar-refractivity contribution in [2.45, 2.75) is 60.3 Å². The number of hydrogen-bond acceptors (Lipinski definition) is 2. The lowest BCUT2D eigenvalue weighted by molar-refractivity contribution is -0.122. The second-order valence-electron chi connectivity index (χ2n) is 6.23. The number of hydrogen-bond donors (Lipinski definition) is 0. The summed E-state index contributed by atoms with van der Waals surface area (Å²) in [4.78, 5) is 23.0. The second-order valence-corrected chi connectivity index (χ2v) is 6.23. The largest absolute Gasteiger partial charge is 0.345 e. The molecule has 0 N–H and O–H groups in total. The standard InChI is InChI=1S/C11H17NO.C7H14O/c1-10(2)3-4-11-5-7-12(9-13)8-6-11;1-4-5-7(8)6(2)3/h9-11H,5-8H2,1-2H3;6H,4-5H2,1-3H3. The van der Waals surface area contributed by atoms with E-state index in [2.05, 4.69) is 25.7 Å². The molecule has 1 rings (SSSR count). The molecule has 0 saturated carbocycles. The molecule has 1 amide bonds. The van der Waals surface area contributed by atoms with Gasteiger partial charge in [-0.3, -0.25) is 9.59 Å². The van der Waals surface area contributed by atoms with E-state index >= 15 is 0 Å². The Hall–Kier alpha value is -1.30. The number of ketones is 1. The minimum Gasteiger partial charge on any atom is -0.345 e. The molecule has 3 heteroatoms. The monoisotopic (exact) mass is 293 g/mol. The van der Waals surface area contributed by atoms with E-state index in [1.54, 1.807) is 0 Å². The van der Waals surface area contributed by atoms with Crippen molar-refractivity contribution in [3.8, 4) is 11.8 Å². The van der Waals surface area contributed by atoms with Gasteiger partial charge in [-0.25, -0.2) is 0 Å². The molecule has 0 aromatic rings. The zero-order valence-electron chi connectivity index (χ0n) is 14.3. The average molecular weight is 293 g/mol. The maximum atomic E-state index is 10.7. The molecule has 1 heterocycles. The Morgan fingerprint density at radius 3 is 2.14 bits per heavy atom. The van der Waals surface area contributed by atoms with Crippen molar-refractivity contribution < 1.29 is 9.59 Å². The molecule has 0 aromatic heterocycles. The Bertz CT molecular complexity index is 355. The number of nitrogens with zero attached hydrogens (tertiary/aromatic N) is 1. The van der Waals surface area contributed by atoms with E-state index in [-0.39, 0.29) is 5.92 Å². The topological polar surface area (TPSA) is 37.4 Å². The number of likely N-dealkylation sites (tertiary alicyclic amines) is 1. The molecule has 0 aliphatic carbocycles. The van der Waals surface area contributed by atoms with Crippen LogP contribution in [0, 0.1) is 29.6 Å². The van der Waals surface area contributed by atoms with E-state index in [9.17, 15) is 9.59 Å². The number of Topliss-reactive ketones (excluding diaryl/α,β-unsaturated/α-hetero) is 1. The van der Waals surface area contributed by atoms with Gasteiger partial charge in [0.05, 0.1) is 0 Å². The summed E-state index contributed by atoms with van der Waals surface area (Å²) in [6.07, 6.45) is 4.75. The summed E-state index contributed by atoms with van der Waals surface area (Å²) in [5, 5.41) is 0. The van der Waals surface area contributed by atoms with Gasteiger partial charge >= 0.3 is 0 Å². The van der Waals surface area contributed by atoms with Gasteiger partial charge in [0.2, 0.25) is 6.41 Å². The van der Waals surface area contributed by atoms with Crippen molar-refractivity contribution in [2.24, 2.45) is 17.8 Å². The van der Waals surface area contributed by atoms with Gasteiger partial charge in [0, 0.05) is 37.3 Å². The Morgan fingerprint density at radius 2 is 1.81 bits per heavy atom. The summed E-state index contributed by atoms with van der Waals surface area (Å²) in [5.74, 6) is 8.05. The molecule has 0 atom stereocenters. The number of amides is 1. The normalized spacial score (nSPS) is 15.1. The SMILES string of the molecule is CC(C)C#CC1CCN(C=O)CC1.CCCC(=O)C(C)C. The molecule has 0 aromatic carbocycles. The lowest BCUT2D eigenvalue weighted by Crippen LogP contribution is -2.31. The van der Waals surface area contributed by atoms with E-state index in [0.29, 0.717) is 17.6 Å². The number of piperidine rings is 1. The van der Waals surface area contributed by atoms with Gasteiger partial charge in [-0.2, -0.15) is 0 Å². The molecular formula is C18H31NO2. The van der Waals surface area contributed by atoms with Gasteiger partial charge in [-0.15, -0.1) is 5.92 Å².